The zero-order valence-corrected chi connectivity index (χ0v) is 11.6. The second-order valence-electron chi connectivity index (χ2n) is 5.35. The number of amides is 1. The second-order valence-corrected chi connectivity index (χ2v) is 5.35. The number of carbonyl (C=O) groups excluding carboxylic acids is 1. The number of hydrogen-bond acceptors (Lipinski definition) is 3. The fourth-order valence-corrected chi connectivity index (χ4v) is 2.41. The number of hydrogen-bond donors (Lipinski definition) is 2. The fourth-order valence-electron chi connectivity index (χ4n) is 2.41. The summed E-state index contributed by atoms with van der Waals surface area (Å²) in [6.07, 6.45) is 0.835. The molecule has 3 unspecified atom stereocenters. The number of ether oxygens (including phenoxy) is 1. The number of nitrogens with one attached hydrogen (secondary N) is 1. The van der Waals surface area contributed by atoms with Crippen molar-refractivity contribution in [2.75, 3.05) is 13.2 Å². The molecule has 1 fully saturated rings. The molecule has 0 aromatic heterocycles. The van der Waals surface area contributed by atoms with Crippen molar-refractivity contribution in [3.05, 3.63) is 35.4 Å². The molecule has 1 saturated heterocycles. The summed E-state index contributed by atoms with van der Waals surface area (Å²) in [5.74, 6) is -0.203. The van der Waals surface area contributed by atoms with Crippen molar-refractivity contribution in [1.82, 2.24) is 5.32 Å². The standard InChI is InChI=1S/C15H22N2O2/c1-10-5-3-4-6-12(10)7-11(2)17-15(18)13-8-19-9-14(13)16/h3-6,11,13-14H,7-9,16H2,1-2H3,(H,17,18). The van der Waals surface area contributed by atoms with Crippen LogP contribution < -0.4 is 11.1 Å². The molecule has 0 aliphatic carbocycles. The summed E-state index contributed by atoms with van der Waals surface area (Å²) in [7, 11) is 0. The smallest absolute Gasteiger partial charge is 0.227 e. The molecule has 0 bridgehead atoms. The van der Waals surface area contributed by atoms with E-state index in [0.29, 0.717) is 13.2 Å². The molecule has 1 aliphatic rings. The first-order valence-electron chi connectivity index (χ1n) is 6.76. The lowest BCUT2D eigenvalue weighted by molar-refractivity contribution is -0.125. The van der Waals surface area contributed by atoms with Crippen molar-refractivity contribution < 1.29 is 9.53 Å². The maximum absolute atomic E-state index is 12.1. The van der Waals surface area contributed by atoms with Gasteiger partial charge >= 0.3 is 0 Å². The summed E-state index contributed by atoms with van der Waals surface area (Å²) in [6, 6.07) is 8.16. The van der Waals surface area contributed by atoms with Gasteiger partial charge in [-0.3, -0.25) is 4.79 Å². The minimum atomic E-state index is -0.209. The number of rotatable bonds is 4. The Labute approximate surface area is 114 Å². The van der Waals surface area contributed by atoms with Crippen LogP contribution in [0.1, 0.15) is 18.1 Å². The number of aryl methyl sites for hydroxylation is 1. The van der Waals surface area contributed by atoms with E-state index in [2.05, 4.69) is 24.4 Å². The van der Waals surface area contributed by atoms with E-state index >= 15 is 0 Å². The van der Waals surface area contributed by atoms with Gasteiger partial charge in [-0.15, -0.1) is 0 Å². The third-order valence-electron chi connectivity index (χ3n) is 3.64. The van der Waals surface area contributed by atoms with E-state index in [1.54, 1.807) is 0 Å². The summed E-state index contributed by atoms with van der Waals surface area (Å²) in [6.45, 7) is 5.02. The van der Waals surface area contributed by atoms with Crippen molar-refractivity contribution in [3.63, 3.8) is 0 Å². The van der Waals surface area contributed by atoms with Crippen molar-refractivity contribution in [2.24, 2.45) is 11.7 Å². The average Bonchev–Trinajstić information content (AvgIpc) is 2.78. The van der Waals surface area contributed by atoms with Crippen molar-refractivity contribution in [2.45, 2.75) is 32.4 Å². The number of carbonyl (C=O) groups is 1. The average molecular weight is 262 g/mol. The molecule has 4 nitrogen and oxygen atoms in total. The molecule has 3 N–H and O–H groups in total. The van der Waals surface area contributed by atoms with Crippen LogP contribution in [0.4, 0.5) is 0 Å². The normalized spacial score (nSPS) is 24.2. The van der Waals surface area contributed by atoms with Crippen LogP contribution in [0.2, 0.25) is 0 Å². The Bertz CT molecular complexity index is 448. The zero-order chi connectivity index (χ0) is 13.8. The van der Waals surface area contributed by atoms with E-state index < -0.39 is 0 Å². The number of nitrogens with two attached hydrogens (primary N) is 1. The summed E-state index contributed by atoms with van der Waals surface area (Å²) >= 11 is 0. The van der Waals surface area contributed by atoms with E-state index in [1.165, 1.54) is 11.1 Å². The van der Waals surface area contributed by atoms with E-state index in [9.17, 15) is 4.79 Å². The molecular weight excluding hydrogens is 240 g/mol. The first kappa shape index (κ1) is 14.0. The summed E-state index contributed by atoms with van der Waals surface area (Å²) < 4.78 is 5.22. The monoisotopic (exact) mass is 262 g/mol. The van der Waals surface area contributed by atoms with Gasteiger partial charge in [0.25, 0.3) is 0 Å². The molecule has 2 rings (SSSR count). The first-order chi connectivity index (χ1) is 9.08. The lowest BCUT2D eigenvalue weighted by atomic mass is 10.00. The zero-order valence-electron chi connectivity index (χ0n) is 11.6. The molecule has 1 aromatic rings. The summed E-state index contributed by atoms with van der Waals surface area (Å²) in [4.78, 5) is 12.1. The van der Waals surface area contributed by atoms with Crippen molar-refractivity contribution in [3.8, 4) is 0 Å². The molecule has 0 saturated carbocycles. The van der Waals surface area contributed by atoms with Gasteiger partial charge in [0.15, 0.2) is 0 Å². The molecule has 1 amide bonds. The molecule has 19 heavy (non-hydrogen) atoms. The Balaban J connectivity index is 1.89. The van der Waals surface area contributed by atoms with Gasteiger partial charge in [-0.25, -0.2) is 0 Å². The van der Waals surface area contributed by atoms with Gasteiger partial charge in [-0.05, 0) is 31.4 Å². The Hall–Kier alpha value is -1.39. The van der Waals surface area contributed by atoms with Gasteiger partial charge in [-0.1, -0.05) is 24.3 Å². The molecular formula is C15H22N2O2. The molecule has 4 heteroatoms. The first-order valence-corrected chi connectivity index (χ1v) is 6.76. The maximum Gasteiger partial charge on any atom is 0.227 e. The fraction of sp³-hybridized carbons (Fsp3) is 0.533. The predicted molar refractivity (Wildman–Crippen MR) is 74.8 cm³/mol. The van der Waals surface area contributed by atoms with Crippen LogP contribution >= 0.6 is 0 Å². The van der Waals surface area contributed by atoms with Gasteiger partial charge in [0.05, 0.1) is 19.1 Å². The van der Waals surface area contributed by atoms with E-state index in [0.717, 1.165) is 6.42 Å². The molecule has 3 atom stereocenters. The highest BCUT2D eigenvalue weighted by molar-refractivity contribution is 5.80. The molecule has 104 valence electrons. The van der Waals surface area contributed by atoms with Gasteiger partial charge in [0, 0.05) is 12.1 Å². The maximum atomic E-state index is 12.1. The number of benzene rings is 1. The molecule has 1 aromatic carbocycles. The Kier molecular flexibility index (Phi) is 4.56. The summed E-state index contributed by atoms with van der Waals surface area (Å²) in [5, 5.41) is 3.03. The van der Waals surface area contributed by atoms with Crippen LogP contribution in [0.15, 0.2) is 24.3 Å². The van der Waals surface area contributed by atoms with Crippen molar-refractivity contribution >= 4 is 5.91 Å². The van der Waals surface area contributed by atoms with Crippen LogP contribution in [-0.2, 0) is 16.0 Å². The lowest BCUT2D eigenvalue weighted by Crippen LogP contribution is -2.44. The van der Waals surface area contributed by atoms with Gasteiger partial charge in [-0.2, -0.15) is 0 Å². The minimum absolute atomic E-state index is 0.00563. The Morgan fingerprint density at radius 1 is 1.47 bits per heavy atom. The highest BCUT2D eigenvalue weighted by Gasteiger charge is 2.31. The third kappa shape index (κ3) is 3.55. The SMILES string of the molecule is Cc1ccccc1CC(C)NC(=O)C1COCC1N. The lowest BCUT2D eigenvalue weighted by Gasteiger charge is -2.19. The van der Waals surface area contributed by atoms with Crippen LogP contribution in [0.5, 0.6) is 0 Å². The largest absolute Gasteiger partial charge is 0.379 e. The van der Waals surface area contributed by atoms with Gasteiger partial charge < -0.3 is 15.8 Å². The van der Waals surface area contributed by atoms with E-state index in [-0.39, 0.29) is 23.9 Å². The third-order valence-corrected chi connectivity index (χ3v) is 3.64. The topological polar surface area (TPSA) is 64.3 Å². The molecule has 0 spiro atoms. The second kappa shape index (κ2) is 6.17. The van der Waals surface area contributed by atoms with E-state index in [1.807, 2.05) is 19.1 Å². The molecule has 1 aliphatic heterocycles. The van der Waals surface area contributed by atoms with Gasteiger partial charge in [0.1, 0.15) is 0 Å². The Morgan fingerprint density at radius 2 is 2.21 bits per heavy atom. The van der Waals surface area contributed by atoms with Crippen molar-refractivity contribution in [1.29, 1.82) is 0 Å². The van der Waals surface area contributed by atoms with Crippen LogP contribution in [0, 0.1) is 12.8 Å². The van der Waals surface area contributed by atoms with E-state index in [4.69, 9.17) is 10.5 Å². The molecule has 0 radical (unpaired) electrons. The predicted octanol–water partition coefficient (Wildman–Crippen LogP) is 1.02. The van der Waals surface area contributed by atoms with Gasteiger partial charge in [0.2, 0.25) is 5.91 Å². The van der Waals surface area contributed by atoms with Crippen LogP contribution in [0.3, 0.4) is 0 Å². The highest BCUT2D eigenvalue weighted by atomic mass is 16.5. The van der Waals surface area contributed by atoms with Crippen LogP contribution in [0.25, 0.3) is 0 Å². The minimum Gasteiger partial charge on any atom is -0.379 e. The highest BCUT2D eigenvalue weighted by Crippen LogP contribution is 2.13. The Morgan fingerprint density at radius 3 is 2.84 bits per heavy atom. The van der Waals surface area contributed by atoms with Crippen LogP contribution in [-0.4, -0.2) is 31.2 Å². The molecule has 1 heterocycles. The quantitative estimate of drug-likeness (QED) is 0.851. The summed E-state index contributed by atoms with van der Waals surface area (Å²) in [5.41, 5.74) is 8.37.